The number of esters is 1. The molecule has 0 radical (unpaired) electrons. The van der Waals surface area contributed by atoms with E-state index in [0.29, 0.717) is 26.3 Å². The van der Waals surface area contributed by atoms with Crippen molar-refractivity contribution in [3.63, 3.8) is 0 Å². The highest BCUT2D eigenvalue weighted by molar-refractivity contribution is 6.76. The molecule has 28 heavy (non-hydrogen) atoms. The van der Waals surface area contributed by atoms with E-state index in [0.717, 1.165) is 12.1 Å². The molecule has 1 atom stereocenters. The number of ether oxygens (including phenoxy) is 2. The van der Waals surface area contributed by atoms with Crippen molar-refractivity contribution in [2.24, 2.45) is 5.73 Å². The molecule has 0 rings (SSSR count). The molecule has 0 heterocycles. The first-order chi connectivity index (χ1) is 12.8. The molecular formula is C18H39N3O5Si2. The van der Waals surface area contributed by atoms with E-state index >= 15 is 0 Å². The van der Waals surface area contributed by atoms with Crippen LogP contribution in [0.5, 0.6) is 0 Å². The molecule has 0 aromatic carbocycles. The lowest BCUT2D eigenvalue weighted by Gasteiger charge is -2.20. The molecule has 0 unspecified atom stereocenters. The van der Waals surface area contributed by atoms with E-state index in [4.69, 9.17) is 15.2 Å². The van der Waals surface area contributed by atoms with Crippen LogP contribution in [0.15, 0.2) is 0 Å². The Morgan fingerprint density at radius 1 is 0.929 bits per heavy atom. The van der Waals surface area contributed by atoms with Crippen molar-refractivity contribution in [2.45, 2.75) is 70.3 Å². The van der Waals surface area contributed by atoms with Gasteiger partial charge >= 0.3 is 12.1 Å². The lowest BCUT2D eigenvalue weighted by molar-refractivity contribution is -0.145. The number of hydrogen-bond acceptors (Lipinski definition) is 6. The van der Waals surface area contributed by atoms with Gasteiger partial charge in [0.05, 0.1) is 13.2 Å². The summed E-state index contributed by atoms with van der Waals surface area (Å²) in [6.45, 7) is 14.5. The molecule has 2 amide bonds. The number of carbonyl (C=O) groups is 3. The normalized spacial score (nSPS) is 12.8. The van der Waals surface area contributed by atoms with Crippen molar-refractivity contribution in [1.82, 2.24) is 10.6 Å². The van der Waals surface area contributed by atoms with Gasteiger partial charge in [0, 0.05) is 35.7 Å². The molecule has 0 aliphatic carbocycles. The van der Waals surface area contributed by atoms with Gasteiger partial charge in [0.25, 0.3) is 0 Å². The quantitative estimate of drug-likeness (QED) is 0.302. The van der Waals surface area contributed by atoms with E-state index in [1.54, 1.807) is 0 Å². The van der Waals surface area contributed by atoms with Crippen molar-refractivity contribution in [3.8, 4) is 0 Å². The first kappa shape index (κ1) is 26.6. The molecule has 0 saturated heterocycles. The molecule has 8 nitrogen and oxygen atoms in total. The van der Waals surface area contributed by atoms with Crippen LogP contribution in [-0.4, -0.2) is 66.5 Å². The number of alkyl carbamates (subject to hydrolysis) is 1. The van der Waals surface area contributed by atoms with Gasteiger partial charge in [-0.3, -0.25) is 4.79 Å². The molecule has 0 fully saturated rings. The minimum atomic E-state index is -1.34. The van der Waals surface area contributed by atoms with E-state index in [1.165, 1.54) is 0 Å². The summed E-state index contributed by atoms with van der Waals surface area (Å²) < 4.78 is 10.5. The molecule has 0 saturated carbocycles. The summed E-state index contributed by atoms with van der Waals surface area (Å²) in [5, 5.41) is 5.19. The van der Waals surface area contributed by atoms with E-state index in [9.17, 15) is 14.4 Å². The average Bonchev–Trinajstić information content (AvgIpc) is 2.54. The van der Waals surface area contributed by atoms with Crippen LogP contribution in [0.25, 0.3) is 0 Å². The Kier molecular flexibility index (Phi) is 12.3. The van der Waals surface area contributed by atoms with Gasteiger partial charge in [-0.15, -0.1) is 0 Å². The van der Waals surface area contributed by atoms with E-state index < -0.39 is 34.3 Å². The number of carbonyl (C=O) groups excluding carboxylic acids is 3. The lowest BCUT2D eigenvalue weighted by Crippen LogP contribution is -2.43. The van der Waals surface area contributed by atoms with Crippen molar-refractivity contribution >= 4 is 34.1 Å². The largest absolute Gasteiger partial charge is 0.464 e. The average molecular weight is 434 g/mol. The number of nitrogens with one attached hydrogen (secondary N) is 2. The van der Waals surface area contributed by atoms with E-state index in [-0.39, 0.29) is 18.7 Å². The molecule has 0 aliphatic heterocycles. The predicted molar refractivity (Wildman–Crippen MR) is 117 cm³/mol. The Balaban J connectivity index is 4.66. The molecule has 164 valence electrons. The fourth-order valence-corrected chi connectivity index (χ4v) is 3.45. The molecule has 0 aliphatic rings. The number of amides is 2. The third kappa shape index (κ3) is 15.6. The van der Waals surface area contributed by atoms with Crippen LogP contribution in [-0.2, 0) is 19.1 Å². The second-order valence-electron chi connectivity index (χ2n) is 9.30. The highest BCUT2D eigenvalue weighted by atomic mass is 28.3. The third-order valence-corrected chi connectivity index (χ3v) is 7.29. The Morgan fingerprint density at radius 3 is 1.96 bits per heavy atom. The fraction of sp³-hybridized carbons (Fsp3) is 0.833. The summed E-state index contributed by atoms with van der Waals surface area (Å²) >= 11 is 0. The van der Waals surface area contributed by atoms with Crippen LogP contribution < -0.4 is 16.4 Å². The van der Waals surface area contributed by atoms with Crippen LogP contribution in [0, 0.1) is 0 Å². The van der Waals surface area contributed by atoms with Crippen molar-refractivity contribution < 1.29 is 23.9 Å². The van der Waals surface area contributed by atoms with Gasteiger partial charge < -0.3 is 25.8 Å². The van der Waals surface area contributed by atoms with Crippen molar-refractivity contribution in [3.05, 3.63) is 0 Å². The summed E-state index contributed by atoms with van der Waals surface area (Å²) in [7, 11) is -2.66. The highest BCUT2D eigenvalue weighted by Crippen LogP contribution is 2.10. The molecule has 4 N–H and O–H groups in total. The minimum Gasteiger partial charge on any atom is -0.464 e. The van der Waals surface area contributed by atoms with Gasteiger partial charge in [0.2, 0.25) is 5.91 Å². The summed E-state index contributed by atoms with van der Waals surface area (Å²) in [4.78, 5) is 36.3. The van der Waals surface area contributed by atoms with Crippen LogP contribution in [0.4, 0.5) is 4.79 Å². The highest BCUT2D eigenvalue weighted by Gasteiger charge is 2.25. The van der Waals surface area contributed by atoms with Gasteiger partial charge in [-0.25, -0.2) is 9.59 Å². The van der Waals surface area contributed by atoms with Crippen LogP contribution in [0.3, 0.4) is 0 Å². The zero-order valence-electron chi connectivity index (χ0n) is 18.4. The minimum absolute atomic E-state index is 0.0863. The van der Waals surface area contributed by atoms with E-state index in [2.05, 4.69) is 49.9 Å². The zero-order valence-corrected chi connectivity index (χ0v) is 20.4. The third-order valence-electron chi connectivity index (χ3n) is 3.88. The molecule has 0 spiro atoms. The zero-order chi connectivity index (χ0) is 21.8. The SMILES string of the molecule is C[Si](C)(C)CCOC(=O)N[C@@H](CCC(=O)NCCN)C(=O)OCC[Si](C)(C)C. The number of hydrogen-bond donors (Lipinski definition) is 3. The van der Waals surface area contributed by atoms with Gasteiger partial charge in [-0.1, -0.05) is 39.3 Å². The lowest BCUT2D eigenvalue weighted by atomic mass is 10.1. The maximum Gasteiger partial charge on any atom is 0.407 e. The van der Waals surface area contributed by atoms with Gasteiger partial charge in [-0.05, 0) is 18.5 Å². The Labute approximate surface area is 171 Å². The maximum absolute atomic E-state index is 12.4. The summed E-state index contributed by atoms with van der Waals surface area (Å²) in [5.74, 6) is -0.758. The number of nitrogens with two attached hydrogens (primary N) is 1. The van der Waals surface area contributed by atoms with Gasteiger partial charge in [-0.2, -0.15) is 0 Å². The summed E-state index contributed by atoms with van der Waals surface area (Å²) in [5.41, 5.74) is 5.36. The fourth-order valence-electron chi connectivity index (χ4n) is 2.02. The second kappa shape index (κ2) is 12.9. The molecule has 0 bridgehead atoms. The van der Waals surface area contributed by atoms with Crippen molar-refractivity contribution in [1.29, 1.82) is 0 Å². The van der Waals surface area contributed by atoms with Crippen LogP contribution in [0.1, 0.15) is 12.8 Å². The first-order valence-corrected chi connectivity index (χ1v) is 17.3. The maximum atomic E-state index is 12.4. The molecule has 0 aromatic rings. The molecular weight excluding hydrogens is 394 g/mol. The monoisotopic (exact) mass is 433 g/mol. The van der Waals surface area contributed by atoms with Gasteiger partial charge in [0.15, 0.2) is 0 Å². The van der Waals surface area contributed by atoms with Gasteiger partial charge in [0.1, 0.15) is 6.04 Å². The summed E-state index contributed by atoms with van der Waals surface area (Å²) in [6.07, 6.45) is -0.429. The van der Waals surface area contributed by atoms with Crippen LogP contribution in [0.2, 0.25) is 51.4 Å². The summed E-state index contributed by atoms with van der Waals surface area (Å²) in [6, 6.07) is 0.765. The molecule has 10 heteroatoms. The smallest absolute Gasteiger partial charge is 0.407 e. The predicted octanol–water partition coefficient (Wildman–Crippen LogP) is 2.16. The standard InChI is InChI=1S/C18H39N3O5Si2/c1-27(2,3)13-11-25-17(23)15(7-8-16(22)20-10-9-19)21-18(24)26-12-14-28(4,5)6/h15H,7-14,19H2,1-6H3,(H,20,22)(H,21,24)/t15-/m0/s1. The van der Waals surface area contributed by atoms with Crippen LogP contribution >= 0.6 is 0 Å². The van der Waals surface area contributed by atoms with E-state index in [1.807, 2.05) is 0 Å². The second-order valence-corrected chi connectivity index (χ2v) is 20.5. The van der Waals surface area contributed by atoms with Crippen molar-refractivity contribution in [2.75, 3.05) is 26.3 Å². The Morgan fingerprint density at radius 2 is 1.46 bits per heavy atom. The number of rotatable bonds is 13. The molecule has 0 aromatic heterocycles. The Bertz CT molecular complexity index is 504. The first-order valence-electron chi connectivity index (χ1n) is 9.91. The topological polar surface area (TPSA) is 120 Å². The Hall–Kier alpha value is -1.40.